The minimum atomic E-state index is 0.701. The van der Waals surface area contributed by atoms with Crippen molar-refractivity contribution in [3.8, 4) is 0 Å². The highest BCUT2D eigenvalue weighted by Crippen LogP contribution is 2.27. The first-order valence-electron chi connectivity index (χ1n) is 5.62. The number of nitrogens with two attached hydrogens (primary N) is 1. The van der Waals surface area contributed by atoms with E-state index in [9.17, 15) is 0 Å². The largest absolute Gasteiger partial charge is 0.394 e. The van der Waals surface area contributed by atoms with Crippen LogP contribution in [0.2, 0.25) is 0 Å². The standard InChI is InChI=1S/C13H18N4/c1-8-5-6-11(9(2)7-8)15-13-12(14)10(3)16-17(13)4/h5-7,15H,14H2,1-4H3. The highest BCUT2D eigenvalue weighted by Gasteiger charge is 2.10. The predicted molar refractivity (Wildman–Crippen MR) is 71.6 cm³/mol. The van der Waals surface area contributed by atoms with Crippen LogP contribution in [-0.4, -0.2) is 9.78 Å². The molecule has 0 radical (unpaired) electrons. The Kier molecular flexibility index (Phi) is 2.79. The van der Waals surface area contributed by atoms with Crippen LogP contribution in [0.4, 0.5) is 17.2 Å². The minimum absolute atomic E-state index is 0.701. The smallest absolute Gasteiger partial charge is 0.152 e. The molecule has 1 heterocycles. The van der Waals surface area contributed by atoms with Crippen molar-refractivity contribution in [2.24, 2.45) is 7.05 Å². The minimum Gasteiger partial charge on any atom is -0.394 e. The van der Waals surface area contributed by atoms with E-state index in [4.69, 9.17) is 5.73 Å². The zero-order chi connectivity index (χ0) is 12.6. The van der Waals surface area contributed by atoms with Gasteiger partial charge in [-0.05, 0) is 32.4 Å². The average molecular weight is 230 g/mol. The number of nitrogen functional groups attached to an aromatic ring is 1. The summed E-state index contributed by atoms with van der Waals surface area (Å²) in [5, 5.41) is 7.62. The van der Waals surface area contributed by atoms with Crippen molar-refractivity contribution in [1.82, 2.24) is 9.78 Å². The normalized spacial score (nSPS) is 10.6. The summed E-state index contributed by atoms with van der Waals surface area (Å²) in [6.45, 7) is 6.07. The molecule has 0 aliphatic rings. The zero-order valence-corrected chi connectivity index (χ0v) is 10.7. The third-order valence-corrected chi connectivity index (χ3v) is 2.90. The van der Waals surface area contributed by atoms with Gasteiger partial charge >= 0.3 is 0 Å². The molecular weight excluding hydrogens is 212 g/mol. The van der Waals surface area contributed by atoms with Crippen LogP contribution in [0.15, 0.2) is 18.2 Å². The van der Waals surface area contributed by atoms with Crippen LogP contribution in [0, 0.1) is 20.8 Å². The molecule has 2 rings (SSSR count). The van der Waals surface area contributed by atoms with Crippen LogP contribution in [0.1, 0.15) is 16.8 Å². The van der Waals surface area contributed by atoms with Gasteiger partial charge in [0, 0.05) is 12.7 Å². The fourth-order valence-corrected chi connectivity index (χ4v) is 1.90. The SMILES string of the molecule is Cc1ccc(Nc2c(N)c(C)nn2C)c(C)c1. The molecule has 90 valence electrons. The quantitative estimate of drug-likeness (QED) is 0.834. The third-order valence-electron chi connectivity index (χ3n) is 2.90. The summed E-state index contributed by atoms with van der Waals surface area (Å²) < 4.78 is 1.77. The first-order chi connectivity index (χ1) is 7.99. The summed E-state index contributed by atoms with van der Waals surface area (Å²) in [6, 6.07) is 6.28. The van der Waals surface area contributed by atoms with Crippen LogP contribution in [0.3, 0.4) is 0 Å². The number of hydrogen-bond donors (Lipinski definition) is 2. The topological polar surface area (TPSA) is 55.9 Å². The lowest BCUT2D eigenvalue weighted by molar-refractivity contribution is 0.765. The highest BCUT2D eigenvalue weighted by atomic mass is 15.3. The number of nitrogens with one attached hydrogen (secondary N) is 1. The van der Waals surface area contributed by atoms with Gasteiger partial charge in [-0.3, -0.25) is 4.68 Å². The van der Waals surface area contributed by atoms with E-state index in [1.54, 1.807) is 4.68 Å². The van der Waals surface area contributed by atoms with E-state index in [1.165, 1.54) is 11.1 Å². The molecule has 0 saturated heterocycles. The van der Waals surface area contributed by atoms with Crippen LogP contribution in [0.5, 0.6) is 0 Å². The first kappa shape index (κ1) is 11.5. The van der Waals surface area contributed by atoms with E-state index >= 15 is 0 Å². The van der Waals surface area contributed by atoms with Crippen LogP contribution < -0.4 is 11.1 Å². The number of aromatic nitrogens is 2. The highest BCUT2D eigenvalue weighted by molar-refractivity contribution is 5.72. The summed E-state index contributed by atoms with van der Waals surface area (Å²) in [5.74, 6) is 0.842. The molecule has 1 aromatic heterocycles. The second kappa shape index (κ2) is 4.13. The van der Waals surface area contributed by atoms with E-state index in [2.05, 4.69) is 42.5 Å². The van der Waals surface area contributed by atoms with Crippen molar-refractivity contribution in [1.29, 1.82) is 0 Å². The second-order valence-electron chi connectivity index (χ2n) is 4.41. The molecule has 0 fully saturated rings. The Balaban J connectivity index is 2.38. The Labute approximate surface area is 101 Å². The zero-order valence-electron chi connectivity index (χ0n) is 10.7. The summed E-state index contributed by atoms with van der Waals surface area (Å²) in [6.07, 6.45) is 0. The summed E-state index contributed by atoms with van der Waals surface area (Å²) in [7, 11) is 1.88. The van der Waals surface area contributed by atoms with Crippen LogP contribution in [0.25, 0.3) is 0 Å². The number of benzene rings is 1. The maximum absolute atomic E-state index is 5.99. The Morgan fingerprint density at radius 1 is 1.24 bits per heavy atom. The van der Waals surface area contributed by atoms with Gasteiger partial charge in [-0.15, -0.1) is 0 Å². The van der Waals surface area contributed by atoms with Gasteiger partial charge in [-0.2, -0.15) is 5.10 Å². The summed E-state index contributed by atoms with van der Waals surface area (Å²) >= 11 is 0. The number of rotatable bonds is 2. The number of hydrogen-bond acceptors (Lipinski definition) is 3. The summed E-state index contributed by atoms with van der Waals surface area (Å²) in [5.41, 5.74) is 11.0. The van der Waals surface area contributed by atoms with Gasteiger partial charge in [0.15, 0.2) is 5.82 Å². The van der Waals surface area contributed by atoms with Gasteiger partial charge < -0.3 is 11.1 Å². The van der Waals surface area contributed by atoms with Crippen molar-refractivity contribution in [3.05, 3.63) is 35.0 Å². The second-order valence-corrected chi connectivity index (χ2v) is 4.41. The lowest BCUT2D eigenvalue weighted by Crippen LogP contribution is -2.02. The molecule has 4 nitrogen and oxygen atoms in total. The molecule has 0 spiro atoms. The van der Waals surface area contributed by atoms with E-state index in [0.717, 1.165) is 17.2 Å². The molecule has 0 unspecified atom stereocenters. The lowest BCUT2D eigenvalue weighted by atomic mass is 10.1. The molecule has 2 aromatic rings. The number of nitrogens with zero attached hydrogens (tertiary/aromatic N) is 2. The number of aryl methyl sites for hydroxylation is 4. The monoisotopic (exact) mass is 230 g/mol. The Hall–Kier alpha value is -1.97. The van der Waals surface area contributed by atoms with Gasteiger partial charge in [0.05, 0.1) is 11.4 Å². The van der Waals surface area contributed by atoms with Gasteiger partial charge in [-0.25, -0.2) is 0 Å². The maximum Gasteiger partial charge on any atom is 0.152 e. The number of anilines is 3. The predicted octanol–water partition coefficient (Wildman–Crippen LogP) is 2.67. The molecule has 4 heteroatoms. The Bertz CT molecular complexity index is 555. The van der Waals surface area contributed by atoms with Crippen molar-refractivity contribution >= 4 is 17.2 Å². The van der Waals surface area contributed by atoms with E-state index in [0.29, 0.717) is 5.69 Å². The van der Waals surface area contributed by atoms with Crippen LogP contribution in [-0.2, 0) is 7.05 Å². The molecular formula is C13H18N4. The van der Waals surface area contributed by atoms with Gasteiger partial charge in [-0.1, -0.05) is 17.7 Å². The molecule has 0 saturated carbocycles. The van der Waals surface area contributed by atoms with Crippen molar-refractivity contribution in [2.45, 2.75) is 20.8 Å². The van der Waals surface area contributed by atoms with Gasteiger partial charge in [0.1, 0.15) is 0 Å². The Morgan fingerprint density at radius 3 is 2.47 bits per heavy atom. The molecule has 0 aliphatic carbocycles. The maximum atomic E-state index is 5.99. The van der Waals surface area contributed by atoms with Gasteiger partial charge in [0.2, 0.25) is 0 Å². The molecule has 1 aromatic carbocycles. The average Bonchev–Trinajstić information content (AvgIpc) is 2.48. The van der Waals surface area contributed by atoms with E-state index in [1.807, 2.05) is 14.0 Å². The molecule has 0 aliphatic heterocycles. The molecule has 0 atom stereocenters. The third kappa shape index (κ3) is 2.11. The van der Waals surface area contributed by atoms with Crippen molar-refractivity contribution < 1.29 is 0 Å². The van der Waals surface area contributed by atoms with E-state index in [-0.39, 0.29) is 0 Å². The van der Waals surface area contributed by atoms with E-state index < -0.39 is 0 Å². The summed E-state index contributed by atoms with van der Waals surface area (Å²) in [4.78, 5) is 0. The Morgan fingerprint density at radius 2 is 1.94 bits per heavy atom. The molecule has 0 bridgehead atoms. The molecule has 3 N–H and O–H groups in total. The fraction of sp³-hybridized carbons (Fsp3) is 0.308. The van der Waals surface area contributed by atoms with Crippen LogP contribution >= 0.6 is 0 Å². The molecule has 0 amide bonds. The first-order valence-corrected chi connectivity index (χ1v) is 5.62. The fourth-order valence-electron chi connectivity index (χ4n) is 1.90. The molecule has 17 heavy (non-hydrogen) atoms. The van der Waals surface area contributed by atoms with Crippen molar-refractivity contribution in [3.63, 3.8) is 0 Å². The van der Waals surface area contributed by atoms with Crippen molar-refractivity contribution in [2.75, 3.05) is 11.1 Å². The lowest BCUT2D eigenvalue weighted by Gasteiger charge is -2.11. The van der Waals surface area contributed by atoms with Gasteiger partial charge in [0.25, 0.3) is 0 Å².